The number of hydrogen-bond acceptors (Lipinski definition) is 1. The summed E-state index contributed by atoms with van der Waals surface area (Å²) in [5.41, 5.74) is 1.44. The molecule has 1 saturated carbocycles. The van der Waals surface area contributed by atoms with Crippen molar-refractivity contribution in [1.29, 1.82) is 0 Å². The highest BCUT2D eigenvalue weighted by molar-refractivity contribution is 5.11. The molecule has 0 unspecified atom stereocenters. The zero-order valence-corrected chi connectivity index (χ0v) is 10.1. The molecule has 15 heavy (non-hydrogen) atoms. The molecule has 2 nitrogen and oxygen atoms in total. The van der Waals surface area contributed by atoms with E-state index in [1.807, 2.05) is 17.9 Å². The average molecular weight is 206 g/mol. The Morgan fingerprint density at radius 2 is 1.93 bits per heavy atom. The minimum absolute atomic E-state index is 0.772. The molecule has 0 spiro atoms. The monoisotopic (exact) mass is 206 g/mol. The standard InChI is InChI=1S/C13H22N2/c1-10(2)11-4-6-12(7-5-11)13-8-14-15(3)9-13/h8-12H,4-7H2,1-3H3. The maximum absolute atomic E-state index is 4.26. The van der Waals surface area contributed by atoms with Crippen LogP contribution in [0.15, 0.2) is 12.4 Å². The molecule has 1 aromatic rings. The van der Waals surface area contributed by atoms with Gasteiger partial charge in [-0.15, -0.1) is 0 Å². The van der Waals surface area contributed by atoms with Crippen LogP contribution in [0.5, 0.6) is 0 Å². The molecule has 2 heteroatoms. The first-order valence-electron chi connectivity index (χ1n) is 6.15. The minimum Gasteiger partial charge on any atom is -0.276 e. The molecule has 1 aromatic heterocycles. The van der Waals surface area contributed by atoms with Crippen LogP contribution in [-0.4, -0.2) is 9.78 Å². The van der Waals surface area contributed by atoms with E-state index < -0.39 is 0 Å². The maximum atomic E-state index is 4.26. The summed E-state index contributed by atoms with van der Waals surface area (Å²) in [6, 6.07) is 0. The van der Waals surface area contributed by atoms with Crippen molar-refractivity contribution in [2.24, 2.45) is 18.9 Å². The van der Waals surface area contributed by atoms with E-state index in [0.717, 1.165) is 17.8 Å². The van der Waals surface area contributed by atoms with Gasteiger partial charge in [-0.25, -0.2) is 0 Å². The van der Waals surface area contributed by atoms with Crippen LogP contribution in [-0.2, 0) is 7.05 Å². The number of aryl methyl sites for hydroxylation is 1. The van der Waals surface area contributed by atoms with Gasteiger partial charge in [0.25, 0.3) is 0 Å². The Kier molecular flexibility index (Phi) is 3.13. The highest BCUT2D eigenvalue weighted by Gasteiger charge is 2.24. The van der Waals surface area contributed by atoms with Gasteiger partial charge >= 0.3 is 0 Å². The lowest BCUT2D eigenvalue weighted by Gasteiger charge is -2.30. The maximum Gasteiger partial charge on any atom is 0.0524 e. The second-order valence-electron chi connectivity index (χ2n) is 5.30. The number of hydrogen-bond donors (Lipinski definition) is 0. The van der Waals surface area contributed by atoms with Crippen molar-refractivity contribution in [3.8, 4) is 0 Å². The fourth-order valence-electron chi connectivity index (χ4n) is 2.77. The molecule has 0 aromatic carbocycles. The molecule has 0 aliphatic heterocycles. The molecular formula is C13H22N2. The molecule has 84 valence electrons. The topological polar surface area (TPSA) is 17.8 Å². The molecule has 0 bridgehead atoms. The van der Waals surface area contributed by atoms with Gasteiger partial charge in [-0.05, 0) is 49.0 Å². The van der Waals surface area contributed by atoms with Crippen molar-refractivity contribution in [3.05, 3.63) is 18.0 Å². The molecule has 2 rings (SSSR count). The minimum atomic E-state index is 0.772. The first kappa shape index (κ1) is 10.7. The Labute approximate surface area is 92.7 Å². The lowest BCUT2D eigenvalue weighted by molar-refractivity contribution is 0.259. The van der Waals surface area contributed by atoms with Crippen LogP contribution in [0.3, 0.4) is 0 Å². The lowest BCUT2D eigenvalue weighted by atomic mass is 9.75. The fourth-order valence-corrected chi connectivity index (χ4v) is 2.77. The predicted octanol–water partition coefficient (Wildman–Crippen LogP) is 3.35. The number of nitrogens with zero attached hydrogens (tertiary/aromatic N) is 2. The van der Waals surface area contributed by atoms with Gasteiger partial charge in [-0.1, -0.05) is 13.8 Å². The molecule has 0 N–H and O–H groups in total. The second-order valence-corrected chi connectivity index (χ2v) is 5.30. The SMILES string of the molecule is CC(C)C1CCC(c2cnn(C)c2)CC1. The third-order valence-corrected chi connectivity index (χ3v) is 3.91. The molecule has 1 aliphatic carbocycles. The van der Waals surface area contributed by atoms with Crippen molar-refractivity contribution in [2.75, 3.05) is 0 Å². The highest BCUT2D eigenvalue weighted by atomic mass is 15.2. The lowest BCUT2D eigenvalue weighted by Crippen LogP contribution is -2.17. The molecule has 0 saturated heterocycles. The Morgan fingerprint density at radius 3 is 2.40 bits per heavy atom. The van der Waals surface area contributed by atoms with Gasteiger partial charge in [0.05, 0.1) is 6.20 Å². The van der Waals surface area contributed by atoms with Crippen LogP contribution < -0.4 is 0 Å². The number of aromatic nitrogens is 2. The van der Waals surface area contributed by atoms with Crippen molar-refractivity contribution >= 4 is 0 Å². The van der Waals surface area contributed by atoms with Crippen LogP contribution >= 0.6 is 0 Å². The van der Waals surface area contributed by atoms with Crippen LogP contribution in [0.2, 0.25) is 0 Å². The van der Waals surface area contributed by atoms with Crippen LogP contribution in [0.4, 0.5) is 0 Å². The molecule has 0 radical (unpaired) electrons. The van der Waals surface area contributed by atoms with Crippen LogP contribution in [0.25, 0.3) is 0 Å². The van der Waals surface area contributed by atoms with Gasteiger partial charge in [0.2, 0.25) is 0 Å². The highest BCUT2D eigenvalue weighted by Crippen LogP contribution is 2.38. The van der Waals surface area contributed by atoms with E-state index in [1.165, 1.54) is 31.2 Å². The summed E-state index contributed by atoms with van der Waals surface area (Å²) >= 11 is 0. The van der Waals surface area contributed by atoms with Gasteiger partial charge in [-0.2, -0.15) is 5.10 Å². The normalized spacial score (nSPS) is 27.2. The van der Waals surface area contributed by atoms with Crippen molar-refractivity contribution in [2.45, 2.75) is 45.4 Å². The van der Waals surface area contributed by atoms with Gasteiger partial charge in [0, 0.05) is 13.2 Å². The van der Waals surface area contributed by atoms with E-state index in [1.54, 1.807) is 0 Å². The second kappa shape index (κ2) is 4.38. The van der Waals surface area contributed by atoms with Crippen LogP contribution in [0, 0.1) is 11.8 Å². The smallest absolute Gasteiger partial charge is 0.0524 e. The summed E-state index contributed by atoms with van der Waals surface area (Å²) in [6.45, 7) is 4.71. The molecule has 0 amide bonds. The quantitative estimate of drug-likeness (QED) is 0.725. The molecular weight excluding hydrogens is 184 g/mol. The molecule has 1 heterocycles. The molecule has 0 atom stereocenters. The Morgan fingerprint density at radius 1 is 1.27 bits per heavy atom. The third-order valence-electron chi connectivity index (χ3n) is 3.91. The molecule has 1 fully saturated rings. The summed E-state index contributed by atoms with van der Waals surface area (Å²) in [7, 11) is 2.00. The zero-order chi connectivity index (χ0) is 10.8. The Balaban J connectivity index is 1.93. The molecule has 1 aliphatic rings. The first-order chi connectivity index (χ1) is 7.16. The first-order valence-corrected chi connectivity index (χ1v) is 6.15. The summed E-state index contributed by atoms with van der Waals surface area (Å²) in [5.74, 6) is 2.59. The van der Waals surface area contributed by atoms with E-state index in [0.29, 0.717) is 0 Å². The summed E-state index contributed by atoms with van der Waals surface area (Å²) in [5, 5.41) is 4.26. The summed E-state index contributed by atoms with van der Waals surface area (Å²) in [4.78, 5) is 0. The van der Waals surface area contributed by atoms with E-state index in [9.17, 15) is 0 Å². The van der Waals surface area contributed by atoms with E-state index in [4.69, 9.17) is 0 Å². The van der Waals surface area contributed by atoms with Crippen molar-refractivity contribution in [3.63, 3.8) is 0 Å². The summed E-state index contributed by atoms with van der Waals surface area (Å²) in [6.07, 6.45) is 9.73. The van der Waals surface area contributed by atoms with Gasteiger partial charge in [0.15, 0.2) is 0 Å². The largest absolute Gasteiger partial charge is 0.276 e. The van der Waals surface area contributed by atoms with Crippen LogP contribution in [0.1, 0.15) is 51.0 Å². The Bertz CT molecular complexity index is 306. The van der Waals surface area contributed by atoms with E-state index >= 15 is 0 Å². The van der Waals surface area contributed by atoms with Crippen molar-refractivity contribution in [1.82, 2.24) is 9.78 Å². The fraction of sp³-hybridized carbons (Fsp3) is 0.769. The Hall–Kier alpha value is -0.790. The van der Waals surface area contributed by atoms with E-state index in [-0.39, 0.29) is 0 Å². The predicted molar refractivity (Wildman–Crippen MR) is 62.7 cm³/mol. The van der Waals surface area contributed by atoms with Gasteiger partial charge in [-0.3, -0.25) is 4.68 Å². The van der Waals surface area contributed by atoms with E-state index in [2.05, 4.69) is 25.1 Å². The number of rotatable bonds is 2. The van der Waals surface area contributed by atoms with Crippen molar-refractivity contribution < 1.29 is 0 Å². The average Bonchev–Trinajstić information content (AvgIpc) is 2.65. The zero-order valence-electron chi connectivity index (χ0n) is 10.1. The third kappa shape index (κ3) is 2.42. The van der Waals surface area contributed by atoms with Gasteiger partial charge in [0.1, 0.15) is 0 Å². The van der Waals surface area contributed by atoms with Gasteiger partial charge < -0.3 is 0 Å². The summed E-state index contributed by atoms with van der Waals surface area (Å²) < 4.78 is 1.92.